The van der Waals surface area contributed by atoms with Crippen molar-refractivity contribution in [3.63, 3.8) is 0 Å². The molecule has 1 saturated carbocycles. The summed E-state index contributed by atoms with van der Waals surface area (Å²) in [5.74, 6) is 2.02. The van der Waals surface area contributed by atoms with Gasteiger partial charge >= 0.3 is 0 Å². The molecule has 0 aromatic carbocycles. The summed E-state index contributed by atoms with van der Waals surface area (Å²) in [5.41, 5.74) is 0. The average Bonchev–Trinajstić information content (AvgIpc) is 3.40. The molecule has 1 atom stereocenters. The maximum atomic E-state index is 13.1. The summed E-state index contributed by atoms with van der Waals surface area (Å²) in [5, 5.41) is 0. The van der Waals surface area contributed by atoms with Gasteiger partial charge in [-0.1, -0.05) is 19.3 Å². The number of rotatable bonds is 3. The third-order valence-electron chi connectivity index (χ3n) is 6.49. The standard InChI is InChI=1S/C20H30N4O2/c25-19(16-5-2-1-3-6-16)24-12-4-7-17(24)20(26)23-13-8-15(9-14-23)18-21-10-11-22-18/h10-11,15-17H,1-9,12-14H2,(H,21,22). The maximum absolute atomic E-state index is 13.1. The number of carbonyl (C=O) groups excluding carboxylic acids is 2. The fourth-order valence-corrected chi connectivity index (χ4v) is 4.96. The van der Waals surface area contributed by atoms with Crippen molar-refractivity contribution in [3.05, 3.63) is 18.2 Å². The van der Waals surface area contributed by atoms with E-state index in [0.717, 1.165) is 76.8 Å². The number of amides is 2. The van der Waals surface area contributed by atoms with Crippen LogP contribution in [-0.4, -0.2) is 57.3 Å². The van der Waals surface area contributed by atoms with Crippen molar-refractivity contribution < 1.29 is 9.59 Å². The molecule has 26 heavy (non-hydrogen) atoms. The second-order valence-electron chi connectivity index (χ2n) is 8.10. The number of nitrogens with zero attached hydrogens (tertiary/aromatic N) is 3. The summed E-state index contributed by atoms with van der Waals surface area (Å²) in [4.78, 5) is 37.5. The number of hydrogen-bond acceptors (Lipinski definition) is 3. The Hall–Kier alpha value is -1.85. The predicted molar refractivity (Wildman–Crippen MR) is 98.5 cm³/mol. The largest absolute Gasteiger partial charge is 0.348 e. The Labute approximate surface area is 155 Å². The molecule has 142 valence electrons. The zero-order chi connectivity index (χ0) is 17.9. The van der Waals surface area contributed by atoms with E-state index in [2.05, 4.69) is 9.97 Å². The molecule has 1 aromatic heterocycles. The molecule has 1 unspecified atom stereocenters. The molecular weight excluding hydrogens is 328 g/mol. The summed E-state index contributed by atoms with van der Waals surface area (Å²) < 4.78 is 0. The maximum Gasteiger partial charge on any atom is 0.245 e. The molecule has 4 rings (SSSR count). The van der Waals surface area contributed by atoms with Crippen LogP contribution in [0.15, 0.2) is 12.4 Å². The van der Waals surface area contributed by atoms with Crippen molar-refractivity contribution in [2.75, 3.05) is 19.6 Å². The molecule has 0 spiro atoms. The lowest BCUT2D eigenvalue weighted by atomic mass is 9.88. The van der Waals surface area contributed by atoms with Gasteiger partial charge < -0.3 is 14.8 Å². The summed E-state index contributed by atoms with van der Waals surface area (Å²) in [7, 11) is 0. The van der Waals surface area contributed by atoms with Gasteiger partial charge in [0.15, 0.2) is 0 Å². The number of likely N-dealkylation sites (tertiary alicyclic amines) is 2. The van der Waals surface area contributed by atoms with Gasteiger partial charge in [-0.15, -0.1) is 0 Å². The van der Waals surface area contributed by atoms with Crippen molar-refractivity contribution in [1.29, 1.82) is 0 Å². The molecule has 1 N–H and O–H groups in total. The van der Waals surface area contributed by atoms with Gasteiger partial charge in [0.05, 0.1) is 0 Å². The van der Waals surface area contributed by atoms with Crippen molar-refractivity contribution in [2.45, 2.75) is 69.7 Å². The van der Waals surface area contributed by atoms with Crippen molar-refractivity contribution in [1.82, 2.24) is 19.8 Å². The van der Waals surface area contributed by atoms with Crippen LogP contribution in [0, 0.1) is 5.92 Å². The smallest absolute Gasteiger partial charge is 0.245 e. The first-order valence-corrected chi connectivity index (χ1v) is 10.3. The van der Waals surface area contributed by atoms with Crippen LogP contribution < -0.4 is 0 Å². The topological polar surface area (TPSA) is 69.3 Å². The average molecular weight is 358 g/mol. The molecular formula is C20H30N4O2. The van der Waals surface area contributed by atoms with Gasteiger partial charge in [0, 0.05) is 43.9 Å². The van der Waals surface area contributed by atoms with Crippen LogP contribution in [0.25, 0.3) is 0 Å². The number of imidazole rings is 1. The molecule has 2 aliphatic heterocycles. The molecule has 3 fully saturated rings. The van der Waals surface area contributed by atoms with Crippen LogP contribution in [0.1, 0.15) is 69.5 Å². The lowest BCUT2D eigenvalue weighted by Gasteiger charge is -2.36. The molecule has 0 bridgehead atoms. The van der Waals surface area contributed by atoms with Crippen LogP contribution >= 0.6 is 0 Å². The summed E-state index contributed by atoms with van der Waals surface area (Å²) in [6, 6.07) is -0.218. The van der Waals surface area contributed by atoms with Crippen molar-refractivity contribution >= 4 is 11.8 Å². The fraction of sp³-hybridized carbons (Fsp3) is 0.750. The van der Waals surface area contributed by atoms with E-state index in [4.69, 9.17) is 0 Å². The van der Waals surface area contributed by atoms with Crippen molar-refractivity contribution in [3.8, 4) is 0 Å². The molecule has 3 heterocycles. The Balaban J connectivity index is 1.35. The van der Waals surface area contributed by atoms with Crippen molar-refractivity contribution in [2.24, 2.45) is 5.92 Å². The quantitative estimate of drug-likeness (QED) is 0.903. The minimum atomic E-state index is -0.218. The first kappa shape index (κ1) is 17.6. The third kappa shape index (κ3) is 3.51. The highest BCUT2D eigenvalue weighted by atomic mass is 16.2. The second-order valence-corrected chi connectivity index (χ2v) is 8.10. The molecule has 6 heteroatoms. The van der Waals surface area contributed by atoms with Gasteiger partial charge in [-0.25, -0.2) is 4.98 Å². The SMILES string of the molecule is O=C(C1CCCN1C(=O)C1CCCCC1)N1CCC(c2ncc[nH]2)CC1. The number of aromatic amines is 1. The van der Waals surface area contributed by atoms with Gasteiger partial charge in [0.2, 0.25) is 11.8 Å². The van der Waals surface area contributed by atoms with Crippen LogP contribution in [-0.2, 0) is 9.59 Å². The van der Waals surface area contributed by atoms with Gasteiger partial charge in [-0.3, -0.25) is 9.59 Å². The molecule has 6 nitrogen and oxygen atoms in total. The first-order valence-electron chi connectivity index (χ1n) is 10.3. The third-order valence-corrected chi connectivity index (χ3v) is 6.49. The number of piperidine rings is 1. The lowest BCUT2D eigenvalue weighted by Crippen LogP contribution is -2.51. The van der Waals surface area contributed by atoms with E-state index in [1.165, 1.54) is 6.42 Å². The predicted octanol–water partition coefficient (Wildman–Crippen LogP) is 2.69. The van der Waals surface area contributed by atoms with E-state index in [1.54, 1.807) is 6.20 Å². The second kappa shape index (κ2) is 7.80. The number of nitrogens with one attached hydrogen (secondary N) is 1. The van der Waals surface area contributed by atoms with Crippen LogP contribution in [0.2, 0.25) is 0 Å². The Kier molecular flexibility index (Phi) is 5.27. The Morgan fingerprint density at radius 1 is 0.923 bits per heavy atom. The Morgan fingerprint density at radius 2 is 1.69 bits per heavy atom. The molecule has 2 saturated heterocycles. The molecule has 1 aliphatic carbocycles. The van der Waals surface area contributed by atoms with E-state index >= 15 is 0 Å². The normalized spacial score (nSPS) is 25.6. The number of aromatic nitrogens is 2. The van der Waals surface area contributed by atoms with E-state index in [-0.39, 0.29) is 23.8 Å². The van der Waals surface area contributed by atoms with E-state index in [9.17, 15) is 9.59 Å². The van der Waals surface area contributed by atoms with E-state index < -0.39 is 0 Å². The first-order chi connectivity index (χ1) is 12.7. The minimum absolute atomic E-state index is 0.154. The number of hydrogen-bond donors (Lipinski definition) is 1. The van der Waals surface area contributed by atoms with Gasteiger partial charge in [0.1, 0.15) is 11.9 Å². The number of H-pyrrole nitrogens is 1. The van der Waals surface area contributed by atoms with Gasteiger partial charge in [-0.05, 0) is 38.5 Å². The Morgan fingerprint density at radius 3 is 2.38 bits per heavy atom. The highest BCUT2D eigenvalue weighted by molar-refractivity contribution is 5.89. The highest BCUT2D eigenvalue weighted by Gasteiger charge is 2.39. The fourth-order valence-electron chi connectivity index (χ4n) is 4.96. The van der Waals surface area contributed by atoms with Crippen LogP contribution in [0.5, 0.6) is 0 Å². The van der Waals surface area contributed by atoms with Gasteiger partial charge in [0.25, 0.3) is 0 Å². The lowest BCUT2D eigenvalue weighted by molar-refractivity contribution is -0.147. The van der Waals surface area contributed by atoms with Crippen LogP contribution in [0.3, 0.4) is 0 Å². The summed E-state index contributed by atoms with van der Waals surface area (Å²) in [6.07, 6.45) is 12.9. The van der Waals surface area contributed by atoms with E-state index in [0.29, 0.717) is 5.92 Å². The minimum Gasteiger partial charge on any atom is -0.348 e. The van der Waals surface area contributed by atoms with E-state index in [1.807, 2.05) is 16.0 Å². The van der Waals surface area contributed by atoms with Crippen LogP contribution in [0.4, 0.5) is 0 Å². The molecule has 0 radical (unpaired) electrons. The number of carbonyl (C=O) groups is 2. The van der Waals surface area contributed by atoms with Gasteiger partial charge in [-0.2, -0.15) is 0 Å². The zero-order valence-corrected chi connectivity index (χ0v) is 15.5. The zero-order valence-electron chi connectivity index (χ0n) is 15.5. The summed E-state index contributed by atoms with van der Waals surface area (Å²) >= 11 is 0. The Bertz CT molecular complexity index is 616. The monoisotopic (exact) mass is 358 g/mol. The molecule has 1 aromatic rings. The summed E-state index contributed by atoms with van der Waals surface area (Å²) in [6.45, 7) is 2.30. The highest BCUT2D eigenvalue weighted by Crippen LogP contribution is 2.31. The molecule has 3 aliphatic rings. The molecule has 2 amide bonds.